The number of likely N-dealkylation sites (tertiary alicyclic amines) is 1. The number of hydrogen-bond donors (Lipinski definition) is 1. The average Bonchev–Trinajstić information content (AvgIpc) is 3.47. The highest BCUT2D eigenvalue weighted by molar-refractivity contribution is 7.13. The van der Waals surface area contributed by atoms with Gasteiger partial charge in [-0.25, -0.2) is 4.98 Å². The van der Waals surface area contributed by atoms with Crippen molar-refractivity contribution in [2.45, 2.75) is 25.4 Å². The van der Waals surface area contributed by atoms with Crippen molar-refractivity contribution in [2.24, 2.45) is 0 Å². The summed E-state index contributed by atoms with van der Waals surface area (Å²) in [5, 5.41) is 5.79. The van der Waals surface area contributed by atoms with Crippen LogP contribution in [0.1, 0.15) is 29.1 Å². The van der Waals surface area contributed by atoms with Gasteiger partial charge in [-0.2, -0.15) is 0 Å². The van der Waals surface area contributed by atoms with Crippen LogP contribution in [0.5, 0.6) is 0 Å². The van der Waals surface area contributed by atoms with Crippen LogP contribution < -0.4 is 5.32 Å². The Balaban J connectivity index is 1.38. The molecule has 0 aliphatic carbocycles. The van der Waals surface area contributed by atoms with Gasteiger partial charge in [-0.1, -0.05) is 30.3 Å². The normalized spacial score (nSPS) is 16.4. The number of carbonyl (C=O) groups is 2. The molecule has 2 amide bonds. The van der Waals surface area contributed by atoms with E-state index < -0.39 is 6.04 Å². The van der Waals surface area contributed by atoms with Crippen molar-refractivity contribution in [1.29, 1.82) is 0 Å². The minimum atomic E-state index is -0.463. The molecule has 2 aromatic heterocycles. The average molecular weight is 381 g/mol. The van der Waals surface area contributed by atoms with Crippen LogP contribution in [-0.2, 0) is 11.3 Å². The Hall–Kier alpha value is -2.93. The van der Waals surface area contributed by atoms with Gasteiger partial charge in [0.15, 0.2) is 5.76 Å². The van der Waals surface area contributed by atoms with Gasteiger partial charge < -0.3 is 14.6 Å². The summed E-state index contributed by atoms with van der Waals surface area (Å²) in [4.78, 5) is 31.3. The zero-order chi connectivity index (χ0) is 18.6. The highest BCUT2D eigenvalue weighted by atomic mass is 32.1. The van der Waals surface area contributed by atoms with Crippen molar-refractivity contribution < 1.29 is 14.0 Å². The van der Waals surface area contributed by atoms with E-state index in [1.807, 2.05) is 35.7 Å². The van der Waals surface area contributed by atoms with Crippen molar-refractivity contribution in [3.05, 3.63) is 65.6 Å². The number of benzene rings is 1. The molecule has 3 aromatic rings. The molecular formula is C20H19N3O3S. The number of carbonyl (C=O) groups excluding carboxylic acids is 2. The maximum absolute atomic E-state index is 12.6. The van der Waals surface area contributed by atoms with Crippen molar-refractivity contribution in [2.75, 3.05) is 6.54 Å². The predicted molar refractivity (Wildman–Crippen MR) is 102 cm³/mol. The van der Waals surface area contributed by atoms with E-state index in [2.05, 4.69) is 10.3 Å². The van der Waals surface area contributed by atoms with Crippen LogP contribution in [0.25, 0.3) is 10.6 Å². The number of thiazole rings is 1. The van der Waals surface area contributed by atoms with Crippen LogP contribution in [-0.4, -0.2) is 34.3 Å². The summed E-state index contributed by atoms with van der Waals surface area (Å²) in [7, 11) is 0. The summed E-state index contributed by atoms with van der Waals surface area (Å²) in [5.41, 5.74) is 1.88. The quantitative estimate of drug-likeness (QED) is 0.736. The van der Waals surface area contributed by atoms with Crippen molar-refractivity contribution in [1.82, 2.24) is 15.2 Å². The molecule has 0 spiro atoms. The molecule has 6 nitrogen and oxygen atoms in total. The zero-order valence-corrected chi connectivity index (χ0v) is 15.4. The van der Waals surface area contributed by atoms with E-state index in [9.17, 15) is 9.59 Å². The predicted octanol–water partition coefficient (Wildman–Crippen LogP) is 3.32. The first kappa shape index (κ1) is 17.5. The third-order valence-corrected chi connectivity index (χ3v) is 5.50. The van der Waals surface area contributed by atoms with Crippen LogP contribution in [0.2, 0.25) is 0 Å². The maximum Gasteiger partial charge on any atom is 0.290 e. The molecule has 1 aliphatic heterocycles. The maximum atomic E-state index is 12.6. The Labute approximate surface area is 160 Å². The minimum Gasteiger partial charge on any atom is -0.459 e. The molecule has 1 atom stereocenters. The number of nitrogens with one attached hydrogen (secondary N) is 1. The van der Waals surface area contributed by atoms with Crippen LogP contribution in [0.15, 0.2) is 58.5 Å². The SMILES string of the molecule is O=C(NCc1csc(-c2ccccc2)n1)C1CCCN1C(=O)c1ccco1. The van der Waals surface area contributed by atoms with Crippen molar-refractivity contribution >= 4 is 23.2 Å². The number of hydrogen-bond acceptors (Lipinski definition) is 5. The highest BCUT2D eigenvalue weighted by Crippen LogP contribution is 2.24. The summed E-state index contributed by atoms with van der Waals surface area (Å²) in [6, 6.07) is 12.8. The summed E-state index contributed by atoms with van der Waals surface area (Å²) >= 11 is 1.55. The van der Waals surface area contributed by atoms with Gasteiger partial charge in [-0.05, 0) is 25.0 Å². The third kappa shape index (κ3) is 3.78. The number of furan rings is 1. The van der Waals surface area contributed by atoms with Gasteiger partial charge in [0.05, 0.1) is 18.5 Å². The van der Waals surface area contributed by atoms with Gasteiger partial charge in [0.1, 0.15) is 11.0 Å². The molecule has 1 aliphatic rings. The fourth-order valence-electron chi connectivity index (χ4n) is 3.22. The fraction of sp³-hybridized carbons (Fsp3) is 0.250. The van der Waals surface area contributed by atoms with Gasteiger partial charge in [-0.15, -0.1) is 11.3 Å². The van der Waals surface area contributed by atoms with Gasteiger partial charge in [-0.3, -0.25) is 9.59 Å². The van der Waals surface area contributed by atoms with Crippen LogP contribution in [0.3, 0.4) is 0 Å². The molecule has 4 rings (SSSR count). The second-order valence-electron chi connectivity index (χ2n) is 6.36. The van der Waals surface area contributed by atoms with E-state index in [4.69, 9.17) is 4.42 Å². The van der Waals surface area contributed by atoms with E-state index in [1.165, 1.54) is 6.26 Å². The lowest BCUT2D eigenvalue weighted by Crippen LogP contribution is -2.45. The largest absolute Gasteiger partial charge is 0.459 e. The highest BCUT2D eigenvalue weighted by Gasteiger charge is 2.35. The molecular weight excluding hydrogens is 362 g/mol. The Bertz CT molecular complexity index is 921. The standard InChI is InChI=1S/C20H19N3O3S/c24-18(16-8-4-10-23(16)20(25)17-9-5-11-26-17)21-12-15-13-27-19(22-15)14-6-2-1-3-7-14/h1-3,5-7,9,11,13,16H,4,8,10,12H2,(H,21,24). The van der Waals surface area contributed by atoms with Gasteiger partial charge >= 0.3 is 0 Å². The Morgan fingerprint density at radius 1 is 1.22 bits per heavy atom. The Morgan fingerprint density at radius 2 is 2.07 bits per heavy atom. The van der Waals surface area contributed by atoms with E-state index in [0.717, 1.165) is 22.7 Å². The number of amides is 2. The smallest absolute Gasteiger partial charge is 0.290 e. The molecule has 1 aromatic carbocycles. The molecule has 1 fully saturated rings. The van der Waals surface area contributed by atoms with Crippen LogP contribution in [0.4, 0.5) is 0 Å². The van der Waals surface area contributed by atoms with E-state index in [1.54, 1.807) is 28.4 Å². The summed E-state index contributed by atoms with van der Waals surface area (Å²) in [5.74, 6) is -0.124. The minimum absolute atomic E-state index is 0.151. The second-order valence-corrected chi connectivity index (χ2v) is 7.22. The Kier molecular flexibility index (Phi) is 5.02. The number of aromatic nitrogens is 1. The van der Waals surface area contributed by atoms with E-state index in [-0.39, 0.29) is 17.6 Å². The monoisotopic (exact) mass is 381 g/mol. The lowest BCUT2D eigenvalue weighted by Gasteiger charge is -2.22. The number of rotatable bonds is 5. The molecule has 1 N–H and O–H groups in total. The molecule has 7 heteroatoms. The molecule has 1 saturated heterocycles. The van der Waals surface area contributed by atoms with E-state index >= 15 is 0 Å². The molecule has 0 radical (unpaired) electrons. The molecule has 27 heavy (non-hydrogen) atoms. The first-order valence-electron chi connectivity index (χ1n) is 8.84. The molecule has 138 valence electrons. The van der Waals surface area contributed by atoms with Gasteiger partial charge in [0.2, 0.25) is 5.91 Å². The number of nitrogens with zero attached hydrogens (tertiary/aromatic N) is 2. The molecule has 1 unspecified atom stereocenters. The molecule has 0 saturated carbocycles. The lowest BCUT2D eigenvalue weighted by molar-refractivity contribution is -0.125. The Morgan fingerprint density at radius 3 is 2.85 bits per heavy atom. The van der Waals surface area contributed by atoms with Crippen molar-refractivity contribution in [3.8, 4) is 10.6 Å². The second kappa shape index (κ2) is 7.75. The molecule has 3 heterocycles. The van der Waals surface area contributed by atoms with Gasteiger partial charge in [0.25, 0.3) is 5.91 Å². The third-order valence-electron chi connectivity index (χ3n) is 4.56. The zero-order valence-electron chi connectivity index (χ0n) is 14.6. The first-order chi connectivity index (χ1) is 13.2. The topological polar surface area (TPSA) is 75.4 Å². The van der Waals surface area contributed by atoms with Crippen LogP contribution >= 0.6 is 11.3 Å². The van der Waals surface area contributed by atoms with Gasteiger partial charge in [0, 0.05) is 17.5 Å². The summed E-state index contributed by atoms with van der Waals surface area (Å²) in [6.07, 6.45) is 2.93. The fourth-order valence-corrected chi connectivity index (χ4v) is 4.05. The van der Waals surface area contributed by atoms with Crippen molar-refractivity contribution in [3.63, 3.8) is 0 Å². The lowest BCUT2D eigenvalue weighted by atomic mass is 10.2. The first-order valence-corrected chi connectivity index (χ1v) is 9.72. The summed E-state index contributed by atoms with van der Waals surface area (Å²) in [6.45, 7) is 0.911. The summed E-state index contributed by atoms with van der Waals surface area (Å²) < 4.78 is 5.18. The molecule has 0 bridgehead atoms. The van der Waals surface area contributed by atoms with E-state index in [0.29, 0.717) is 19.5 Å². The van der Waals surface area contributed by atoms with Crippen LogP contribution in [0, 0.1) is 0 Å².